The van der Waals surface area contributed by atoms with Crippen molar-refractivity contribution in [2.75, 3.05) is 19.8 Å². The largest absolute Gasteiger partial charge is 0.378 e. The molecule has 0 aromatic heterocycles. The molecule has 2 N–H and O–H groups in total. The minimum absolute atomic E-state index is 0.374. The number of nitrogens with one attached hydrogen (secondary N) is 2. The first-order valence-corrected chi connectivity index (χ1v) is 11.0. The van der Waals surface area contributed by atoms with Crippen molar-refractivity contribution in [2.45, 2.75) is 89.5 Å². The summed E-state index contributed by atoms with van der Waals surface area (Å²) in [7, 11) is 0. The fraction of sp³-hybridized carbons (Fsp3) is 0.952. The lowest BCUT2D eigenvalue weighted by Crippen LogP contribution is -2.74. The molecule has 5 aliphatic rings. The Balaban J connectivity index is 1.26. The third-order valence-electron chi connectivity index (χ3n) is 8.39. The van der Waals surface area contributed by atoms with Gasteiger partial charge in [0.25, 0.3) is 0 Å². The minimum atomic E-state index is 0.374. The van der Waals surface area contributed by atoms with Gasteiger partial charge in [0.05, 0.1) is 12.2 Å². The third kappa shape index (κ3) is 2.25. The molecule has 1 saturated heterocycles. The summed E-state index contributed by atoms with van der Waals surface area (Å²) in [5.41, 5.74) is 0.776. The van der Waals surface area contributed by atoms with Crippen LogP contribution >= 0.6 is 0 Å². The number of rotatable bonds is 5. The molecular formula is C21H35N3O2. The number of aliphatic imine (C=N–C) groups is 1. The molecule has 2 spiro atoms. The molecule has 5 unspecified atom stereocenters. The van der Waals surface area contributed by atoms with Crippen LogP contribution < -0.4 is 10.6 Å². The van der Waals surface area contributed by atoms with E-state index in [0.717, 1.165) is 32.1 Å². The highest BCUT2D eigenvalue weighted by molar-refractivity contribution is 5.81. The highest BCUT2D eigenvalue weighted by Crippen LogP contribution is 2.63. The number of hydrogen-bond donors (Lipinski definition) is 2. The van der Waals surface area contributed by atoms with Crippen molar-refractivity contribution in [3.8, 4) is 0 Å². The fourth-order valence-corrected chi connectivity index (χ4v) is 6.70. The Bertz CT molecular complexity index is 570. The Labute approximate surface area is 157 Å². The zero-order valence-electron chi connectivity index (χ0n) is 16.4. The monoisotopic (exact) mass is 361 g/mol. The fourth-order valence-electron chi connectivity index (χ4n) is 6.70. The Morgan fingerprint density at radius 1 is 1.12 bits per heavy atom. The van der Waals surface area contributed by atoms with Crippen molar-refractivity contribution in [3.05, 3.63) is 0 Å². The summed E-state index contributed by atoms with van der Waals surface area (Å²) < 4.78 is 12.1. The second kappa shape index (κ2) is 6.37. The Hall–Kier alpha value is -0.810. The molecule has 0 aromatic rings. The maximum absolute atomic E-state index is 6.08. The van der Waals surface area contributed by atoms with E-state index in [9.17, 15) is 0 Å². The van der Waals surface area contributed by atoms with Crippen molar-refractivity contribution in [1.29, 1.82) is 0 Å². The highest BCUT2D eigenvalue weighted by atomic mass is 16.5. The second-order valence-corrected chi connectivity index (χ2v) is 9.24. The number of hydrogen-bond acceptors (Lipinski definition) is 3. The molecule has 5 heteroatoms. The van der Waals surface area contributed by atoms with E-state index < -0.39 is 0 Å². The van der Waals surface area contributed by atoms with E-state index in [-0.39, 0.29) is 0 Å². The zero-order valence-corrected chi connectivity index (χ0v) is 16.4. The first-order chi connectivity index (χ1) is 12.7. The standard InChI is InChI=1S/C21H35N3O2/c1-3-22-19(23-15-13-16(25-4-2)20(15)8-5-9-20)24-17-14-7-12-26-18(14)21(17)10-6-11-21/h14-18H,3-13H2,1-2H3,(H2,22,23,24). The third-order valence-corrected chi connectivity index (χ3v) is 8.39. The van der Waals surface area contributed by atoms with Crippen LogP contribution in [-0.2, 0) is 9.47 Å². The summed E-state index contributed by atoms with van der Waals surface area (Å²) in [6.45, 7) is 6.86. The first-order valence-electron chi connectivity index (χ1n) is 11.0. The molecule has 1 heterocycles. The van der Waals surface area contributed by atoms with Gasteiger partial charge in [0.2, 0.25) is 0 Å². The van der Waals surface area contributed by atoms with Crippen molar-refractivity contribution < 1.29 is 9.47 Å². The van der Waals surface area contributed by atoms with Gasteiger partial charge in [0.1, 0.15) is 0 Å². The van der Waals surface area contributed by atoms with Crippen LogP contribution in [0.1, 0.15) is 65.2 Å². The quantitative estimate of drug-likeness (QED) is 0.584. The summed E-state index contributed by atoms with van der Waals surface area (Å²) >= 11 is 0. The molecule has 0 bridgehead atoms. The molecule has 146 valence electrons. The predicted octanol–water partition coefficient (Wildman–Crippen LogP) is 2.85. The van der Waals surface area contributed by atoms with Crippen LogP contribution in [-0.4, -0.2) is 50.0 Å². The Morgan fingerprint density at radius 2 is 1.88 bits per heavy atom. The van der Waals surface area contributed by atoms with E-state index in [1.165, 1.54) is 44.9 Å². The lowest BCUT2D eigenvalue weighted by Gasteiger charge is -2.64. The summed E-state index contributed by atoms with van der Waals surface area (Å²) in [6, 6.07) is 1.08. The van der Waals surface area contributed by atoms with Gasteiger partial charge in [0, 0.05) is 48.6 Å². The maximum atomic E-state index is 6.08. The van der Waals surface area contributed by atoms with Gasteiger partial charge >= 0.3 is 0 Å². The van der Waals surface area contributed by atoms with E-state index in [2.05, 4.69) is 24.5 Å². The normalized spacial score (nSPS) is 41.6. The Kier molecular flexibility index (Phi) is 4.24. The number of guanidine groups is 1. The van der Waals surface area contributed by atoms with E-state index in [4.69, 9.17) is 14.5 Å². The topological polar surface area (TPSA) is 54.9 Å². The molecule has 1 aliphatic heterocycles. The molecular weight excluding hydrogens is 326 g/mol. The maximum Gasteiger partial charge on any atom is 0.191 e. The van der Waals surface area contributed by atoms with Gasteiger partial charge in [-0.15, -0.1) is 0 Å². The number of nitrogens with zero attached hydrogens (tertiary/aromatic N) is 1. The van der Waals surface area contributed by atoms with Gasteiger partial charge in [-0.1, -0.05) is 12.8 Å². The van der Waals surface area contributed by atoms with Crippen LogP contribution in [0.15, 0.2) is 4.99 Å². The summed E-state index contributed by atoms with van der Waals surface area (Å²) in [4.78, 5) is 4.81. The van der Waals surface area contributed by atoms with Crippen molar-refractivity contribution in [2.24, 2.45) is 21.7 Å². The van der Waals surface area contributed by atoms with E-state index in [0.29, 0.717) is 41.0 Å². The summed E-state index contributed by atoms with van der Waals surface area (Å²) in [5, 5.41) is 7.69. The Morgan fingerprint density at radius 3 is 2.50 bits per heavy atom. The number of ether oxygens (including phenoxy) is 2. The van der Waals surface area contributed by atoms with Crippen molar-refractivity contribution in [3.63, 3.8) is 0 Å². The van der Waals surface area contributed by atoms with Crippen LogP contribution in [0.2, 0.25) is 0 Å². The van der Waals surface area contributed by atoms with Crippen LogP contribution in [0.4, 0.5) is 0 Å². The second-order valence-electron chi connectivity index (χ2n) is 9.24. The summed E-state index contributed by atoms with van der Waals surface area (Å²) in [5.74, 6) is 1.73. The molecule has 0 aromatic carbocycles. The molecule has 5 rings (SSSR count). The van der Waals surface area contributed by atoms with Crippen LogP contribution in [0.25, 0.3) is 0 Å². The van der Waals surface area contributed by atoms with Gasteiger partial charge in [-0.25, -0.2) is 0 Å². The van der Waals surface area contributed by atoms with Crippen LogP contribution in [0.5, 0.6) is 0 Å². The number of fused-ring (bicyclic) bond motifs is 2. The molecule has 5 fully saturated rings. The predicted molar refractivity (Wildman–Crippen MR) is 102 cm³/mol. The van der Waals surface area contributed by atoms with Crippen LogP contribution in [0.3, 0.4) is 0 Å². The van der Waals surface area contributed by atoms with Gasteiger partial charge in [-0.3, -0.25) is 4.99 Å². The summed E-state index contributed by atoms with van der Waals surface area (Å²) in [6.07, 6.45) is 11.3. The van der Waals surface area contributed by atoms with Crippen molar-refractivity contribution >= 4 is 5.96 Å². The van der Waals surface area contributed by atoms with E-state index >= 15 is 0 Å². The average Bonchev–Trinajstić information content (AvgIpc) is 2.93. The molecule has 5 atom stereocenters. The SMILES string of the molecule is CCN=C(NC1CC(OCC)C12CCC2)NC1C2CCOC2C12CCC2. The molecule has 5 nitrogen and oxygen atoms in total. The lowest BCUT2D eigenvalue weighted by molar-refractivity contribution is -0.174. The molecule has 4 aliphatic carbocycles. The minimum Gasteiger partial charge on any atom is -0.378 e. The molecule has 0 radical (unpaired) electrons. The van der Waals surface area contributed by atoms with Gasteiger partial charge in [-0.05, 0) is 52.4 Å². The van der Waals surface area contributed by atoms with Gasteiger partial charge in [-0.2, -0.15) is 0 Å². The first kappa shape index (κ1) is 17.3. The van der Waals surface area contributed by atoms with E-state index in [1.54, 1.807) is 0 Å². The van der Waals surface area contributed by atoms with E-state index in [1.807, 2.05) is 0 Å². The lowest BCUT2D eigenvalue weighted by atomic mass is 9.46. The van der Waals surface area contributed by atoms with Gasteiger partial charge in [0.15, 0.2) is 5.96 Å². The highest BCUT2D eigenvalue weighted by Gasteiger charge is 2.67. The van der Waals surface area contributed by atoms with Crippen LogP contribution in [0, 0.1) is 16.7 Å². The molecule has 26 heavy (non-hydrogen) atoms. The molecule has 0 amide bonds. The zero-order chi connectivity index (χ0) is 17.8. The average molecular weight is 362 g/mol. The van der Waals surface area contributed by atoms with Crippen molar-refractivity contribution in [1.82, 2.24) is 10.6 Å². The van der Waals surface area contributed by atoms with Gasteiger partial charge < -0.3 is 20.1 Å². The molecule has 4 saturated carbocycles. The smallest absolute Gasteiger partial charge is 0.191 e.